The number of aliphatic hydroxyl groups excluding tert-OH is 1. The molecule has 0 radical (unpaired) electrons. The molecule has 16 heavy (non-hydrogen) atoms. The minimum absolute atomic E-state index is 0.0190. The van der Waals surface area contributed by atoms with Crippen molar-refractivity contribution in [1.29, 1.82) is 0 Å². The average Bonchev–Trinajstić information content (AvgIpc) is 2.29. The van der Waals surface area contributed by atoms with E-state index in [1.54, 1.807) is 17.0 Å². The third-order valence-electron chi connectivity index (χ3n) is 2.31. The molecular weight excluding hydrogens is 209 g/mol. The van der Waals surface area contributed by atoms with E-state index in [4.69, 9.17) is 5.11 Å². The molecule has 1 N–H and O–H groups in total. The lowest BCUT2D eigenvalue weighted by Crippen LogP contribution is -2.28. The van der Waals surface area contributed by atoms with Crippen LogP contribution in [-0.4, -0.2) is 31.1 Å². The van der Waals surface area contributed by atoms with Crippen molar-refractivity contribution in [3.05, 3.63) is 29.6 Å². The Morgan fingerprint density at radius 3 is 2.69 bits per heavy atom. The molecule has 4 heteroatoms. The van der Waals surface area contributed by atoms with Gasteiger partial charge in [-0.3, -0.25) is 4.79 Å². The lowest BCUT2D eigenvalue weighted by Gasteiger charge is -2.23. The molecule has 0 aliphatic rings. The summed E-state index contributed by atoms with van der Waals surface area (Å²) in [6.45, 7) is 3.04. The van der Waals surface area contributed by atoms with Gasteiger partial charge in [0, 0.05) is 18.7 Å². The van der Waals surface area contributed by atoms with Gasteiger partial charge < -0.3 is 10.0 Å². The Kier molecular flexibility index (Phi) is 4.92. The van der Waals surface area contributed by atoms with E-state index in [1.165, 1.54) is 6.07 Å². The first-order valence-corrected chi connectivity index (χ1v) is 5.33. The molecule has 1 aromatic rings. The molecule has 3 nitrogen and oxygen atoms in total. The lowest BCUT2D eigenvalue weighted by atomic mass is 10.2. The van der Waals surface area contributed by atoms with Crippen molar-refractivity contribution in [1.82, 2.24) is 0 Å². The molecule has 1 aromatic carbocycles. The molecule has 0 fully saturated rings. The van der Waals surface area contributed by atoms with Crippen molar-refractivity contribution >= 4 is 12.0 Å². The summed E-state index contributed by atoms with van der Waals surface area (Å²) in [6, 6.07) is 4.36. The Balaban J connectivity index is 2.94. The van der Waals surface area contributed by atoms with Gasteiger partial charge >= 0.3 is 0 Å². The number of aldehydes is 1. The Morgan fingerprint density at radius 1 is 1.44 bits per heavy atom. The van der Waals surface area contributed by atoms with Crippen LogP contribution in [0.1, 0.15) is 23.7 Å². The van der Waals surface area contributed by atoms with Crippen molar-refractivity contribution in [3.63, 3.8) is 0 Å². The number of aliphatic hydroxyl groups is 1. The molecule has 88 valence electrons. The highest BCUT2D eigenvalue weighted by Crippen LogP contribution is 2.20. The first kappa shape index (κ1) is 12.6. The first-order chi connectivity index (χ1) is 7.72. The summed E-state index contributed by atoms with van der Waals surface area (Å²) in [4.78, 5) is 12.2. The highest BCUT2D eigenvalue weighted by Gasteiger charge is 2.10. The van der Waals surface area contributed by atoms with Crippen molar-refractivity contribution in [2.24, 2.45) is 0 Å². The number of hydrogen-bond acceptors (Lipinski definition) is 3. The summed E-state index contributed by atoms with van der Waals surface area (Å²) in [5.74, 6) is -0.425. The van der Waals surface area contributed by atoms with Gasteiger partial charge in [-0.05, 0) is 24.6 Å². The van der Waals surface area contributed by atoms with Crippen LogP contribution < -0.4 is 4.90 Å². The predicted molar refractivity (Wildman–Crippen MR) is 61.4 cm³/mol. The fourth-order valence-electron chi connectivity index (χ4n) is 1.60. The van der Waals surface area contributed by atoms with Gasteiger partial charge in [0.05, 0.1) is 12.3 Å². The number of anilines is 1. The third kappa shape index (κ3) is 3.03. The smallest absolute Gasteiger partial charge is 0.150 e. The maximum atomic E-state index is 13.7. The van der Waals surface area contributed by atoms with Crippen LogP contribution in [0.3, 0.4) is 0 Å². The number of nitrogens with zero attached hydrogens (tertiary/aromatic N) is 1. The van der Waals surface area contributed by atoms with Crippen LogP contribution in [0, 0.1) is 5.82 Å². The second kappa shape index (κ2) is 6.23. The standard InChI is InChI=1S/C12H16FNO2/c1-2-5-14(6-7-15)12-4-3-10(9-16)8-11(12)13/h3-4,8-9,15H,2,5-7H2,1H3. The molecule has 0 aromatic heterocycles. The molecule has 0 heterocycles. The van der Waals surface area contributed by atoms with Crippen molar-refractivity contribution in [2.75, 3.05) is 24.6 Å². The van der Waals surface area contributed by atoms with Gasteiger partial charge in [0.1, 0.15) is 12.1 Å². The third-order valence-corrected chi connectivity index (χ3v) is 2.31. The summed E-state index contributed by atoms with van der Waals surface area (Å²) in [7, 11) is 0. The van der Waals surface area contributed by atoms with Crippen LogP contribution in [0.2, 0.25) is 0 Å². The zero-order valence-electron chi connectivity index (χ0n) is 9.32. The van der Waals surface area contributed by atoms with E-state index >= 15 is 0 Å². The molecule has 0 spiro atoms. The van der Waals surface area contributed by atoms with E-state index in [0.717, 1.165) is 6.42 Å². The molecule has 0 bridgehead atoms. The number of carbonyl (C=O) groups excluding carboxylic acids is 1. The number of hydrogen-bond donors (Lipinski definition) is 1. The molecule has 0 aliphatic heterocycles. The second-order valence-corrected chi connectivity index (χ2v) is 3.54. The van der Waals surface area contributed by atoms with E-state index in [-0.39, 0.29) is 6.61 Å². The molecule has 1 rings (SSSR count). The number of benzene rings is 1. The van der Waals surface area contributed by atoms with Crippen molar-refractivity contribution < 1.29 is 14.3 Å². The molecule has 0 saturated heterocycles. The van der Waals surface area contributed by atoms with E-state index in [9.17, 15) is 9.18 Å². The van der Waals surface area contributed by atoms with Gasteiger partial charge in [-0.25, -0.2) is 4.39 Å². The van der Waals surface area contributed by atoms with E-state index in [1.807, 2.05) is 6.92 Å². The molecular formula is C12H16FNO2. The predicted octanol–water partition coefficient (Wildman–Crippen LogP) is 1.85. The average molecular weight is 225 g/mol. The second-order valence-electron chi connectivity index (χ2n) is 3.54. The van der Waals surface area contributed by atoms with Crippen LogP contribution >= 0.6 is 0 Å². The highest BCUT2D eigenvalue weighted by molar-refractivity contribution is 5.76. The van der Waals surface area contributed by atoms with Gasteiger partial charge in [0.25, 0.3) is 0 Å². The zero-order chi connectivity index (χ0) is 12.0. The largest absolute Gasteiger partial charge is 0.395 e. The number of carbonyl (C=O) groups is 1. The summed E-state index contributed by atoms with van der Waals surface area (Å²) >= 11 is 0. The monoisotopic (exact) mass is 225 g/mol. The molecule has 0 unspecified atom stereocenters. The summed E-state index contributed by atoms with van der Waals surface area (Å²) in [6.07, 6.45) is 1.48. The van der Waals surface area contributed by atoms with E-state index in [0.29, 0.717) is 30.6 Å². The lowest BCUT2D eigenvalue weighted by molar-refractivity contribution is 0.112. The number of rotatable bonds is 6. The van der Waals surface area contributed by atoms with Gasteiger partial charge in [0.15, 0.2) is 0 Å². The van der Waals surface area contributed by atoms with Crippen LogP contribution in [-0.2, 0) is 0 Å². The molecule has 0 saturated carbocycles. The van der Waals surface area contributed by atoms with Gasteiger partial charge in [-0.1, -0.05) is 6.92 Å². The maximum Gasteiger partial charge on any atom is 0.150 e. The Labute approximate surface area is 94.5 Å². The molecule has 0 amide bonds. The number of halogens is 1. The SMILES string of the molecule is CCCN(CCO)c1ccc(C=O)cc1F. The molecule has 0 atom stereocenters. The van der Waals surface area contributed by atoms with Crippen LogP contribution in [0.25, 0.3) is 0 Å². The fourth-order valence-corrected chi connectivity index (χ4v) is 1.60. The van der Waals surface area contributed by atoms with Crippen LogP contribution in [0.4, 0.5) is 10.1 Å². The quantitative estimate of drug-likeness (QED) is 0.751. The van der Waals surface area contributed by atoms with Gasteiger partial charge in [-0.15, -0.1) is 0 Å². The minimum Gasteiger partial charge on any atom is -0.395 e. The van der Waals surface area contributed by atoms with E-state index < -0.39 is 5.82 Å². The Hall–Kier alpha value is -1.42. The summed E-state index contributed by atoms with van der Waals surface area (Å²) in [5.41, 5.74) is 0.753. The Bertz CT molecular complexity index is 349. The highest BCUT2D eigenvalue weighted by atomic mass is 19.1. The van der Waals surface area contributed by atoms with E-state index in [2.05, 4.69) is 0 Å². The Morgan fingerprint density at radius 2 is 2.19 bits per heavy atom. The molecule has 0 aliphatic carbocycles. The fraction of sp³-hybridized carbons (Fsp3) is 0.417. The first-order valence-electron chi connectivity index (χ1n) is 5.33. The minimum atomic E-state index is -0.425. The zero-order valence-corrected chi connectivity index (χ0v) is 9.32. The normalized spacial score (nSPS) is 10.2. The van der Waals surface area contributed by atoms with Crippen molar-refractivity contribution in [3.8, 4) is 0 Å². The summed E-state index contributed by atoms with van der Waals surface area (Å²) in [5, 5.41) is 8.90. The van der Waals surface area contributed by atoms with Crippen LogP contribution in [0.5, 0.6) is 0 Å². The van der Waals surface area contributed by atoms with Crippen molar-refractivity contribution in [2.45, 2.75) is 13.3 Å². The van der Waals surface area contributed by atoms with Gasteiger partial charge in [-0.2, -0.15) is 0 Å². The topological polar surface area (TPSA) is 40.5 Å². The summed E-state index contributed by atoms with van der Waals surface area (Å²) < 4.78 is 13.7. The van der Waals surface area contributed by atoms with Crippen LogP contribution in [0.15, 0.2) is 18.2 Å². The van der Waals surface area contributed by atoms with Gasteiger partial charge in [0.2, 0.25) is 0 Å². The maximum absolute atomic E-state index is 13.7.